The van der Waals surface area contributed by atoms with Gasteiger partial charge in [0.15, 0.2) is 0 Å². The summed E-state index contributed by atoms with van der Waals surface area (Å²) in [6.45, 7) is 0. The lowest BCUT2D eigenvalue weighted by Gasteiger charge is -2.24. The molecule has 2 rings (SSSR count). The van der Waals surface area contributed by atoms with Gasteiger partial charge in [-0.2, -0.15) is 0 Å². The maximum absolute atomic E-state index is 12.0. The lowest BCUT2D eigenvalue weighted by Crippen LogP contribution is -2.28. The number of carbonyl (C=O) groups excluding carboxylic acids is 1. The summed E-state index contributed by atoms with van der Waals surface area (Å²) in [6, 6.07) is 4.97. The van der Waals surface area contributed by atoms with Crippen molar-refractivity contribution in [1.29, 1.82) is 0 Å². The van der Waals surface area contributed by atoms with E-state index < -0.39 is 0 Å². The first-order valence-corrected chi connectivity index (χ1v) is 6.76. The molecule has 2 N–H and O–H groups in total. The van der Waals surface area contributed by atoms with Crippen LogP contribution in [0.5, 0.6) is 0 Å². The Kier molecular flexibility index (Phi) is 4.49. The van der Waals surface area contributed by atoms with E-state index in [1.165, 1.54) is 0 Å². The molecule has 98 valence electrons. The molecule has 1 aliphatic rings. The first-order valence-electron chi connectivity index (χ1n) is 6.00. The molecule has 1 aliphatic carbocycles. The zero-order valence-corrected chi connectivity index (χ0v) is 11.3. The maximum Gasteiger partial charge on any atom is 0.227 e. The largest absolute Gasteiger partial charge is 0.393 e. The van der Waals surface area contributed by atoms with Crippen LogP contribution >= 0.6 is 23.2 Å². The van der Waals surface area contributed by atoms with Crippen LogP contribution in [0.4, 0.5) is 5.69 Å². The molecule has 0 aromatic heterocycles. The minimum Gasteiger partial charge on any atom is -0.393 e. The third-order valence-electron chi connectivity index (χ3n) is 3.25. The minimum atomic E-state index is -0.260. The van der Waals surface area contributed by atoms with Gasteiger partial charge in [-0.05, 0) is 43.9 Å². The summed E-state index contributed by atoms with van der Waals surface area (Å²) < 4.78 is 0. The number of nitrogens with one attached hydrogen (secondary N) is 1. The Morgan fingerprint density at radius 2 is 1.89 bits per heavy atom. The molecule has 1 saturated carbocycles. The average molecular weight is 288 g/mol. The smallest absolute Gasteiger partial charge is 0.227 e. The Labute approximate surface area is 116 Å². The zero-order valence-electron chi connectivity index (χ0n) is 9.83. The van der Waals surface area contributed by atoms with Crippen LogP contribution in [-0.2, 0) is 4.79 Å². The van der Waals surface area contributed by atoms with Gasteiger partial charge in [0.05, 0.1) is 16.8 Å². The normalized spacial score (nSPS) is 23.7. The van der Waals surface area contributed by atoms with Gasteiger partial charge in [-0.15, -0.1) is 0 Å². The molecular weight excluding hydrogens is 273 g/mol. The van der Waals surface area contributed by atoms with Gasteiger partial charge in [0.25, 0.3) is 0 Å². The van der Waals surface area contributed by atoms with E-state index in [2.05, 4.69) is 5.32 Å². The molecular formula is C13H15Cl2NO2. The van der Waals surface area contributed by atoms with Crippen molar-refractivity contribution in [2.24, 2.45) is 5.92 Å². The number of hydrogen-bond acceptors (Lipinski definition) is 2. The first-order chi connectivity index (χ1) is 8.56. The Hall–Kier alpha value is -0.770. The Morgan fingerprint density at radius 3 is 2.56 bits per heavy atom. The second kappa shape index (κ2) is 5.91. The molecule has 0 heterocycles. The molecule has 1 amide bonds. The van der Waals surface area contributed by atoms with E-state index in [1.807, 2.05) is 0 Å². The topological polar surface area (TPSA) is 49.3 Å². The van der Waals surface area contributed by atoms with Crippen LogP contribution in [0.15, 0.2) is 18.2 Å². The van der Waals surface area contributed by atoms with Crippen molar-refractivity contribution in [1.82, 2.24) is 0 Å². The minimum absolute atomic E-state index is 0.0499. The zero-order chi connectivity index (χ0) is 13.1. The monoisotopic (exact) mass is 287 g/mol. The van der Waals surface area contributed by atoms with Crippen molar-refractivity contribution in [2.45, 2.75) is 31.8 Å². The second-order valence-electron chi connectivity index (χ2n) is 4.62. The number of benzene rings is 1. The van der Waals surface area contributed by atoms with Crippen LogP contribution in [0.2, 0.25) is 10.0 Å². The average Bonchev–Trinajstić information content (AvgIpc) is 2.34. The van der Waals surface area contributed by atoms with E-state index in [0.717, 1.165) is 0 Å². The van der Waals surface area contributed by atoms with Gasteiger partial charge in [0.1, 0.15) is 0 Å². The van der Waals surface area contributed by atoms with Gasteiger partial charge < -0.3 is 10.4 Å². The van der Waals surface area contributed by atoms with Crippen LogP contribution < -0.4 is 5.32 Å². The molecule has 1 aromatic carbocycles. The van der Waals surface area contributed by atoms with Crippen LogP contribution in [-0.4, -0.2) is 17.1 Å². The fourth-order valence-electron chi connectivity index (χ4n) is 2.17. The molecule has 3 nitrogen and oxygen atoms in total. The number of aliphatic hydroxyl groups is 1. The fourth-order valence-corrected chi connectivity index (χ4v) is 2.50. The van der Waals surface area contributed by atoms with Crippen molar-refractivity contribution in [3.63, 3.8) is 0 Å². The van der Waals surface area contributed by atoms with Crippen LogP contribution in [0, 0.1) is 5.92 Å². The molecule has 1 aromatic rings. The van der Waals surface area contributed by atoms with Crippen molar-refractivity contribution < 1.29 is 9.90 Å². The van der Waals surface area contributed by atoms with E-state index >= 15 is 0 Å². The Balaban J connectivity index is 2.00. The van der Waals surface area contributed by atoms with E-state index in [-0.39, 0.29) is 17.9 Å². The highest BCUT2D eigenvalue weighted by atomic mass is 35.5. The van der Waals surface area contributed by atoms with E-state index in [4.69, 9.17) is 23.2 Å². The summed E-state index contributed by atoms with van der Waals surface area (Å²) in [5.74, 6) is -0.102. The summed E-state index contributed by atoms with van der Waals surface area (Å²) in [5, 5.41) is 13.2. The Morgan fingerprint density at radius 1 is 1.22 bits per heavy atom. The lowest BCUT2D eigenvalue weighted by atomic mass is 9.87. The second-order valence-corrected chi connectivity index (χ2v) is 5.46. The quantitative estimate of drug-likeness (QED) is 0.875. The van der Waals surface area contributed by atoms with Gasteiger partial charge in [0, 0.05) is 10.9 Å². The van der Waals surface area contributed by atoms with Gasteiger partial charge in [-0.1, -0.05) is 23.2 Å². The van der Waals surface area contributed by atoms with Crippen LogP contribution in [0.25, 0.3) is 0 Å². The summed E-state index contributed by atoms with van der Waals surface area (Å²) in [4.78, 5) is 12.0. The van der Waals surface area contributed by atoms with E-state index in [0.29, 0.717) is 41.4 Å². The number of aliphatic hydroxyl groups excluding tert-OH is 1. The van der Waals surface area contributed by atoms with E-state index in [9.17, 15) is 9.90 Å². The van der Waals surface area contributed by atoms with E-state index in [1.54, 1.807) is 18.2 Å². The van der Waals surface area contributed by atoms with Gasteiger partial charge >= 0.3 is 0 Å². The number of hydrogen-bond donors (Lipinski definition) is 2. The summed E-state index contributed by atoms with van der Waals surface area (Å²) in [6.07, 6.45) is 2.53. The van der Waals surface area contributed by atoms with Crippen molar-refractivity contribution in [3.05, 3.63) is 28.2 Å². The van der Waals surface area contributed by atoms with Crippen molar-refractivity contribution in [2.75, 3.05) is 5.32 Å². The maximum atomic E-state index is 12.0. The van der Waals surface area contributed by atoms with Gasteiger partial charge in [0.2, 0.25) is 5.91 Å². The Bertz CT molecular complexity index is 443. The third kappa shape index (κ3) is 3.37. The molecule has 0 atom stereocenters. The predicted octanol–water partition coefficient (Wildman–Crippen LogP) is 3.48. The molecule has 0 spiro atoms. The fraction of sp³-hybridized carbons (Fsp3) is 0.462. The number of anilines is 1. The van der Waals surface area contributed by atoms with Crippen molar-refractivity contribution >= 4 is 34.8 Å². The molecule has 0 unspecified atom stereocenters. The summed E-state index contributed by atoms with van der Waals surface area (Å²) >= 11 is 11.9. The summed E-state index contributed by atoms with van der Waals surface area (Å²) in [5.41, 5.74) is 0.542. The van der Waals surface area contributed by atoms with Gasteiger partial charge in [-0.25, -0.2) is 0 Å². The predicted molar refractivity (Wildman–Crippen MR) is 73.1 cm³/mol. The first kappa shape index (κ1) is 13.7. The molecule has 5 heteroatoms. The van der Waals surface area contributed by atoms with Crippen LogP contribution in [0.1, 0.15) is 25.7 Å². The molecule has 0 bridgehead atoms. The summed E-state index contributed by atoms with van der Waals surface area (Å²) in [7, 11) is 0. The number of halogens is 2. The number of amides is 1. The van der Waals surface area contributed by atoms with Crippen molar-refractivity contribution in [3.8, 4) is 0 Å². The van der Waals surface area contributed by atoms with Gasteiger partial charge in [-0.3, -0.25) is 4.79 Å². The molecule has 1 fully saturated rings. The number of carbonyl (C=O) groups is 1. The SMILES string of the molecule is O=C(Nc1cc(Cl)ccc1Cl)C1CCC(O)CC1. The van der Waals surface area contributed by atoms with Crippen LogP contribution in [0.3, 0.4) is 0 Å². The highest BCUT2D eigenvalue weighted by molar-refractivity contribution is 6.35. The lowest BCUT2D eigenvalue weighted by molar-refractivity contribution is -0.121. The molecule has 0 saturated heterocycles. The molecule has 18 heavy (non-hydrogen) atoms. The highest BCUT2D eigenvalue weighted by Crippen LogP contribution is 2.29. The third-order valence-corrected chi connectivity index (χ3v) is 3.82. The molecule has 0 radical (unpaired) electrons. The number of rotatable bonds is 2. The standard InChI is InChI=1S/C13H15Cl2NO2/c14-9-3-6-11(15)12(7-9)16-13(18)8-1-4-10(17)5-2-8/h3,6-8,10,17H,1-2,4-5H2,(H,16,18). The highest BCUT2D eigenvalue weighted by Gasteiger charge is 2.25. The molecule has 0 aliphatic heterocycles.